The highest BCUT2D eigenvalue weighted by Gasteiger charge is 2.35. The maximum absolute atomic E-state index is 12.4. The Morgan fingerprint density at radius 1 is 1.19 bits per heavy atom. The second-order valence-corrected chi connectivity index (χ2v) is 5.77. The zero-order valence-electron chi connectivity index (χ0n) is 10.7. The standard InChI is InChI=1S/C14H25NO/c1-3-11-4-6-12(7-5-11)14(16)13-9-15-8-10(13)2/h10-13,15H,3-9H2,1-2H3. The van der Waals surface area contributed by atoms with Crippen LogP contribution in [0, 0.1) is 23.7 Å². The first-order valence-electron chi connectivity index (χ1n) is 6.96. The summed E-state index contributed by atoms with van der Waals surface area (Å²) in [6.45, 7) is 6.43. The molecule has 92 valence electrons. The number of hydrogen-bond acceptors (Lipinski definition) is 2. The van der Waals surface area contributed by atoms with Crippen molar-refractivity contribution in [2.75, 3.05) is 13.1 Å². The summed E-state index contributed by atoms with van der Waals surface area (Å²) in [6.07, 6.45) is 6.16. The van der Waals surface area contributed by atoms with Crippen molar-refractivity contribution in [1.29, 1.82) is 0 Å². The number of nitrogens with one attached hydrogen (secondary N) is 1. The second-order valence-electron chi connectivity index (χ2n) is 5.77. The van der Waals surface area contributed by atoms with Gasteiger partial charge in [-0.3, -0.25) is 4.79 Å². The van der Waals surface area contributed by atoms with E-state index in [4.69, 9.17) is 0 Å². The van der Waals surface area contributed by atoms with Crippen molar-refractivity contribution < 1.29 is 4.79 Å². The lowest BCUT2D eigenvalue weighted by atomic mass is 9.75. The van der Waals surface area contributed by atoms with E-state index >= 15 is 0 Å². The number of carbonyl (C=O) groups is 1. The fourth-order valence-corrected chi connectivity index (χ4v) is 3.35. The Morgan fingerprint density at radius 2 is 1.88 bits per heavy atom. The van der Waals surface area contributed by atoms with Crippen LogP contribution in [0.4, 0.5) is 0 Å². The largest absolute Gasteiger partial charge is 0.316 e. The molecule has 16 heavy (non-hydrogen) atoms. The van der Waals surface area contributed by atoms with Gasteiger partial charge in [-0.15, -0.1) is 0 Å². The van der Waals surface area contributed by atoms with Gasteiger partial charge in [0.15, 0.2) is 0 Å². The van der Waals surface area contributed by atoms with Crippen molar-refractivity contribution in [3.05, 3.63) is 0 Å². The van der Waals surface area contributed by atoms with E-state index in [0.717, 1.165) is 31.8 Å². The number of carbonyl (C=O) groups excluding carboxylic acids is 1. The molecule has 1 saturated heterocycles. The third-order valence-electron chi connectivity index (χ3n) is 4.71. The average molecular weight is 223 g/mol. The maximum Gasteiger partial charge on any atom is 0.140 e. The van der Waals surface area contributed by atoms with Gasteiger partial charge in [0.25, 0.3) is 0 Å². The molecular weight excluding hydrogens is 198 g/mol. The van der Waals surface area contributed by atoms with Crippen LogP contribution in [-0.4, -0.2) is 18.9 Å². The fraction of sp³-hybridized carbons (Fsp3) is 0.929. The first kappa shape index (κ1) is 12.1. The van der Waals surface area contributed by atoms with Crippen molar-refractivity contribution in [1.82, 2.24) is 5.32 Å². The molecule has 1 saturated carbocycles. The Labute approximate surface area is 99.2 Å². The molecule has 0 bridgehead atoms. The van der Waals surface area contributed by atoms with Crippen LogP contribution in [0.1, 0.15) is 46.0 Å². The van der Waals surface area contributed by atoms with Gasteiger partial charge in [-0.2, -0.15) is 0 Å². The zero-order chi connectivity index (χ0) is 11.5. The van der Waals surface area contributed by atoms with E-state index in [0.29, 0.717) is 23.5 Å². The Hall–Kier alpha value is -0.370. The first-order valence-corrected chi connectivity index (χ1v) is 6.96. The van der Waals surface area contributed by atoms with Gasteiger partial charge in [0.05, 0.1) is 0 Å². The van der Waals surface area contributed by atoms with Gasteiger partial charge in [-0.25, -0.2) is 0 Å². The van der Waals surface area contributed by atoms with Gasteiger partial charge in [0.2, 0.25) is 0 Å². The Kier molecular flexibility index (Phi) is 4.01. The lowest BCUT2D eigenvalue weighted by Crippen LogP contribution is -2.31. The molecule has 2 heteroatoms. The molecule has 2 nitrogen and oxygen atoms in total. The van der Waals surface area contributed by atoms with Gasteiger partial charge in [0.1, 0.15) is 5.78 Å². The van der Waals surface area contributed by atoms with Crippen LogP contribution in [-0.2, 0) is 4.79 Å². The van der Waals surface area contributed by atoms with Gasteiger partial charge in [-0.05, 0) is 44.1 Å². The predicted octanol–water partition coefficient (Wildman–Crippen LogP) is 2.63. The van der Waals surface area contributed by atoms with Crippen molar-refractivity contribution in [3.8, 4) is 0 Å². The molecule has 0 amide bonds. The third-order valence-corrected chi connectivity index (χ3v) is 4.71. The average Bonchev–Trinajstić information content (AvgIpc) is 2.75. The summed E-state index contributed by atoms with van der Waals surface area (Å²) in [7, 11) is 0. The molecule has 2 rings (SSSR count). The molecule has 1 heterocycles. The first-order chi connectivity index (χ1) is 7.72. The van der Waals surface area contributed by atoms with Crippen LogP contribution < -0.4 is 5.32 Å². The monoisotopic (exact) mass is 223 g/mol. The smallest absolute Gasteiger partial charge is 0.140 e. The highest BCUT2D eigenvalue weighted by molar-refractivity contribution is 5.84. The third kappa shape index (κ3) is 2.48. The summed E-state index contributed by atoms with van der Waals surface area (Å²) < 4.78 is 0. The van der Waals surface area contributed by atoms with Gasteiger partial charge < -0.3 is 5.32 Å². The molecule has 0 spiro atoms. The second kappa shape index (κ2) is 5.31. The number of Topliss-reactive ketones (excluding diaryl/α,β-unsaturated/α-hetero) is 1. The van der Waals surface area contributed by atoms with E-state index in [1.54, 1.807) is 0 Å². The number of ketones is 1. The van der Waals surface area contributed by atoms with E-state index in [2.05, 4.69) is 19.2 Å². The lowest BCUT2D eigenvalue weighted by Gasteiger charge is -2.29. The predicted molar refractivity (Wildman–Crippen MR) is 66.3 cm³/mol. The molecule has 1 N–H and O–H groups in total. The fourth-order valence-electron chi connectivity index (χ4n) is 3.35. The van der Waals surface area contributed by atoms with E-state index in [1.165, 1.54) is 19.3 Å². The van der Waals surface area contributed by atoms with E-state index in [-0.39, 0.29) is 0 Å². The van der Waals surface area contributed by atoms with Crippen molar-refractivity contribution in [2.24, 2.45) is 23.7 Å². The highest BCUT2D eigenvalue weighted by Crippen LogP contribution is 2.34. The molecule has 1 aliphatic heterocycles. The van der Waals surface area contributed by atoms with Crippen LogP contribution in [0.3, 0.4) is 0 Å². The Balaban J connectivity index is 1.86. The van der Waals surface area contributed by atoms with E-state index in [1.807, 2.05) is 0 Å². The Morgan fingerprint density at radius 3 is 2.38 bits per heavy atom. The van der Waals surface area contributed by atoms with Crippen LogP contribution in [0.25, 0.3) is 0 Å². The minimum atomic E-state index is 0.308. The quantitative estimate of drug-likeness (QED) is 0.797. The SMILES string of the molecule is CCC1CCC(C(=O)C2CNCC2C)CC1. The summed E-state index contributed by atoms with van der Waals surface area (Å²) in [5.41, 5.74) is 0. The Bertz CT molecular complexity index is 243. The number of rotatable bonds is 3. The molecule has 2 atom stereocenters. The van der Waals surface area contributed by atoms with E-state index in [9.17, 15) is 4.79 Å². The number of hydrogen-bond donors (Lipinski definition) is 1. The van der Waals surface area contributed by atoms with Gasteiger partial charge in [0, 0.05) is 18.4 Å². The summed E-state index contributed by atoms with van der Waals surface area (Å²) >= 11 is 0. The summed E-state index contributed by atoms with van der Waals surface area (Å²) in [5, 5.41) is 3.34. The van der Waals surface area contributed by atoms with Crippen molar-refractivity contribution in [2.45, 2.75) is 46.0 Å². The van der Waals surface area contributed by atoms with Crippen LogP contribution >= 0.6 is 0 Å². The van der Waals surface area contributed by atoms with Gasteiger partial charge >= 0.3 is 0 Å². The van der Waals surface area contributed by atoms with Crippen molar-refractivity contribution in [3.63, 3.8) is 0 Å². The molecule has 1 aliphatic carbocycles. The van der Waals surface area contributed by atoms with E-state index < -0.39 is 0 Å². The molecule has 0 aromatic heterocycles. The minimum Gasteiger partial charge on any atom is -0.316 e. The van der Waals surface area contributed by atoms with Crippen LogP contribution in [0.15, 0.2) is 0 Å². The minimum absolute atomic E-state index is 0.308. The van der Waals surface area contributed by atoms with Crippen molar-refractivity contribution >= 4 is 5.78 Å². The molecule has 2 fully saturated rings. The summed E-state index contributed by atoms with van der Waals surface area (Å²) in [5.74, 6) is 2.70. The normalized spacial score (nSPS) is 39.9. The molecule has 0 aromatic rings. The maximum atomic E-state index is 12.4. The summed E-state index contributed by atoms with van der Waals surface area (Å²) in [6, 6.07) is 0. The van der Waals surface area contributed by atoms with Crippen LogP contribution in [0.2, 0.25) is 0 Å². The molecule has 2 aliphatic rings. The van der Waals surface area contributed by atoms with Crippen LogP contribution in [0.5, 0.6) is 0 Å². The zero-order valence-corrected chi connectivity index (χ0v) is 10.7. The highest BCUT2D eigenvalue weighted by atomic mass is 16.1. The molecule has 2 unspecified atom stereocenters. The molecule has 0 aromatic carbocycles. The molecular formula is C14H25NO. The topological polar surface area (TPSA) is 29.1 Å². The lowest BCUT2D eigenvalue weighted by molar-refractivity contribution is -0.128. The molecule has 0 radical (unpaired) electrons. The van der Waals surface area contributed by atoms with Gasteiger partial charge in [-0.1, -0.05) is 20.3 Å². The summed E-state index contributed by atoms with van der Waals surface area (Å²) in [4.78, 5) is 12.4.